The molecule has 8 heteroatoms. The number of benzene rings is 3. The molecule has 3 aromatic rings. The van der Waals surface area contributed by atoms with Gasteiger partial charge in [-0.05, 0) is 30.3 Å². The van der Waals surface area contributed by atoms with Crippen molar-refractivity contribution in [3.05, 3.63) is 99.1 Å². The standard InChI is InChI=1S/C21H15ClN4O3/c22-14-6-11-18-17(12-14)19(13-4-2-1-3-5-13)25-20(21(27)24-18)23-15-7-9-16(10-8-15)26(28)29/h1-12,20,23H,(H,24,27). The van der Waals surface area contributed by atoms with E-state index in [2.05, 4.69) is 15.6 Å². The van der Waals surface area contributed by atoms with Crippen LogP contribution in [-0.4, -0.2) is 22.7 Å². The molecule has 7 nitrogen and oxygen atoms in total. The number of carbonyl (C=O) groups is 1. The first-order valence-corrected chi connectivity index (χ1v) is 9.14. The second kappa shape index (κ2) is 7.73. The average molecular weight is 407 g/mol. The van der Waals surface area contributed by atoms with Gasteiger partial charge in [-0.1, -0.05) is 41.9 Å². The Morgan fingerprint density at radius 1 is 1.03 bits per heavy atom. The molecule has 0 spiro atoms. The van der Waals surface area contributed by atoms with Crippen LogP contribution in [0, 0.1) is 10.1 Å². The molecule has 2 N–H and O–H groups in total. The van der Waals surface area contributed by atoms with Crippen LogP contribution >= 0.6 is 11.6 Å². The molecule has 1 atom stereocenters. The summed E-state index contributed by atoms with van der Waals surface area (Å²) >= 11 is 6.19. The van der Waals surface area contributed by atoms with E-state index >= 15 is 0 Å². The number of anilines is 2. The maximum absolute atomic E-state index is 12.8. The zero-order chi connectivity index (χ0) is 20.4. The molecular weight excluding hydrogens is 392 g/mol. The highest BCUT2D eigenvalue weighted by molar-refractivity contribution is 6.32. The molecule has 0 aliphatic carbocycles. The van der Waals surface area contributed by atoms with Crippen LogP contribution in [0.2, 0.25) is 5.02 Å². The van der Waals surface area contributed by atoms with Gasteiger partial charge in [0.25, 0.3) is 11.6 Å². The lowest BCUT2D eigenvalue weighted by Gasteiger charge is -2.14. The number of amides is 1. The molecule has 1 unspecified atom stereocenters. The minimum absolute atomic E-state index is 0.0311. The van der Waals surface area contributed by atoms with E-state index in [0.717, 1.165) is 5.56 Å². The zero-order valence-electron chi connectivity index (χ0n) is 15.0. The van der Waals surface area contributed by atoms with Crippen LogP contribution in [0.4, 0.5) is 17.1 Å². The van der Waals surface area contributed by atoms with Crippen molar-refractivity contribution in [3.8, 4) is 0 Å². The number of nitro groups is 1. The second-order valence-electron chi connectivity index (χ2n) is 6.37. The van der Waals surface area contributed by atoms with Gasteiger partial charge in [-0.25, -0.2) is 4.99 Å². The first-order valence-electron chi connectivity index (χ1n) is 8.76. The largest absolute Gasteiger partial charge is 0.356 e. The molecule has 29 heavy (non-hydrogen) atoms. The molecular formula is C21H15ClN4O3. The summed E-state index contributed by atoms with van der Waals surface area (Å²) < 4.78 is 0. The summed E-state index contributed by atoms with van der Waals surface area (Å²) in [6.45, 7) is 0. The number of hydrogen-bond donors (Lipinski definition) is 2. The van der Waals surface area contributed by atoms with Crippen molar-refractivity contribution in [2.45, 2.75) is 6.17 Å². The summed E-state index contributed by atoms with van der Waals surface area (Å²) in [6.07, 6.45) is -0.933. The van der Waals surface area contributed by atoms with E-state index in [1.165, 1.54) is 24.3 Å². The Morgan fingerprint density at radius 2 is 1.76 bits per heavy atom. The number of nitro benzene ring substituents is 1. The molecule has 1 aliphatic heterocycles. The maximum Gasteiger partial charge on any atom is 0.269 e. The van der Waals surface area contributed by atoms with Gasteiger partial charge in [0.15, 0.2) is 6.17 Å². The van der Waals surface area contributed by atoms with E-state index in [9.17, 15) is 14.9 Å². The van der Waals surface area contributed by atoms with Crippen LogP contribution in [0.25, 0.3) is 0 Å². The van der Waals surface area contributed by atoms with Crippen molar-refractivity contribution in [1.29, 1.82) is 0 Å². The number of aliphatic imine (C=N–C) groups is 1. The van der Waals surface area contributed by atoms with Crippen LogP contribution in [0.5, 0.6) is 0 Å². The lowest BCUT2D eigenvalue weighted by Crippen LogP contribution is -2.32. The number of carbonyl (C=O) groups excluding carboxylic acids is 1. The number of rotatable bonds is 4. The Balaban J connectivity index is 1.75. The van der Waals surface area contributed by atoms with Crippen molar-refractivity contribution in [2.75, 3.05) is 10.6 Å². The van der Waals surface area contributed by atoms with E-state index in [1.54, 1.807) is 18.2 Å². The Kier molecular flexibility index (Phi) is 4.97. The molecule has 144 valence electrons. The summed E-state index contributed by atoms with van der Waals surface area (Å²) in [5.74, 6) is -0.349. The molecule has 1 heterocycles. The fraction of sp³-hybridized carbons (Fsp3) is 0.0476. The minimum Gasteiger partial charge on any atom is -0.356 e. The van der Waals surface area contributed by atoms with Gasteiger partial charge in [0, 0.05) is 34.0 Å². The normalized spacial score (nSPS) is 15.6. The molecule has 0 bridgehead atoms. The average Bonchev–Trinajstić information content (AvgIpc) is 2.86. The molecule has 0 fully saturated rings. The highest BCUT2D eigenvalue weighted by atomic mass is 35.5. The van der Waals surface area contributed by atoms with Crippen LogP contribution in [0.15, 0.2) is 77.8 Å². The lowest BCUT2D eigenvalue weighted by atomic mass is 10.0. The fourth-order valence-electron chi connectivity index (χ4n) is 3.04. The van der Waals surface area contributed by atoms with Crippen molar-refractivity contribution >= 4 is 40.3 Å². The number of halogens is 1. The van der Waals surface area contributed by atoms with Crippen LogP contribution in [0.1, 0.15) is 11.1 Å². The highest BCUT2D eigenvalue weighted by Gasteiger charge is 2.26. The van der Waals surface area contributed by atoms with Crippen molar-refractivity contribution in [2.24, 2.45) is 4.99 Å². The van der Waals surface area contributed by atoms with Crippen LogP contribution < -0.4 is 10.6 Å². The Labute approximate surface area is 171 Å². The second-order valence-corrected chi connectivity index (χ2v) is 6.81. The summed E-state index contributed by atoms with van der Waals surface area (Å²) in [6, 6.07) is 20.5. The van der Waals surface area contributed by atoms with Gasteiger partial charge in [-0.2, -0.15) is 0 Å². The summed E-state index contributed by atoms with van der Waals surface area (Å²) in [5, 5.41) is 17.3. The lowest BCUT2D eigenvalue weighted by molar-refractivity contribution is -0.384. The summed E-state index contributed by atoms with van der Waals surface area (Å²) in [4.78, 5) is 27.8. The number of nitrogens with zero attached hydrogens (tertiary/aromatic N) is 2. The summed E-state index contributed by atoms with van der Waals surface area (Å²) in [7, 11) is 0. The SMILES string of the molecule is O=C1Nc2ccc(Cl)cc2C(c2ccccc2)=NC1Nc1ccc([N+](=O)[O-])cc1. The molecule has 4 rings (SSSR count). The predicted octanol–water partition coefficient (Wildman–Crippen LogP) is 4.48. The number of non-ortho nitro benzene ring substituents is 1. The van der Waals surface area contributed by atoms with E-state index in [-0.39, 0.29) is 11.6 Å². The molecule has 1 aliphatic rings. The number of fused-ring (bicyclic) bond motifs is 1. The van der Waals surface area contributed by atoms with Gasteiger partial charge in [-0.15, -0.1) is 0 Å². The third kappa shape index (κ3) is 3.95. The van der Waals surface area contributed by atoms with E-state index in [0.29, 0.717) is 27.7 Å². The quantitative estimate of drug-likeness (QED) is 0.493. The predicted molar refractivity (Wildman–Crippen MR) is 113 cm³/mol. The fourth-order valence-corrected chi connectivity index (χ4v) is 3.21. The zero-order valence-corrected chi connectivity index (χ0v) is 15.8. The molecule has 0 saturated heterocycles. The Bertz CT molecular complexity index is 1110. The smallest absolute Gasteiger partial charge is 0.269 e. The molecule has 3 aromatic carbocycles. The number of nitrogens with one attached hydrogen (secondary N) is 2. The van der Waals surface area contributed by atoms with Crippen LogP contribution in [-0.2, 0) is 4.79 Å². The van der Waals surface area contributed by atoms with Crippen LogP contribution in [0.3, 0.4) is 0 Å². The van der Waals surface area contributed by atoms with Crippen molar-refractivity contribution in [3.63, 3.8) is 0 Å². The molecule has 1 amide bonds. The number of hydrogen-bond acceptors (Lipinski definition) is 5. The first-order chi connectivity index (χ1) is 14.0. The minimum atomic E-state index is -0.933. The highest BCUT2D eigenvalue weighted by Crippen LogP contribution is 2.28. The van der Waals surface area contributed by atoms with Gasteiger partial charge in [0.2, 0.25) is 0 Å². The molecule has 0 radical (unpaired) electrons. The third-order valence-corrected chi connectivity index (χ3v) is 4.66. The third-order valence-electron chi connectivity index (χ3n) is 4.43. The van der Waals surface area contributed by atoms with E-state index < -0.39 is 11.1 Å². The molecule has 0 aromatic heterocycles. The van der Waals surface area contributed by atoms with E-state index in [1.807, 2.05) is 30.3 Å². The van der Waals surface area contributed by atoms with Crippen molar-refractivity contribution < 1.29 is 9.72 Å². The van der Waals surface area contributed by atoms with Crippen molar-refractivity contribution in [1.82, 2.24) is 0 Å². The summed E-state index contributed by atoms with van der Waals surface area (Å²) in [5.41, 5.74) is 3.27. The number of benzodiazepines with no additional fused rings is 1. The monoisotopic (exact) mass is 406 g/mol. The first kappa shape index (κ1) is 18.6. The van der Waals surface area contributed by atoms with Gasteiger partial charge >= 0.3 is 0 Å². The van der Waals surface area contributed by atoms with E-state index in [4.69, 9.17) is 11.6 Å². The maximum atomic E-state index is 12.8. The van der Waals surface area contributed by atoms with Gasteiger partial charge in [0.1, 0.15) is 0 Å². The Hall–Kier alpha value is -3.71. The van der Waals surface area contributed by atoms with Gasteiger partial charge < -0.3 is 10.6 Å². The molecule has 0 saturated carbocycles. The van der Waals surface area contributed by atoms with Gasteiger partial charge in [0.05, 0.1) is 16.3 Å². The Morgan fingerprint density at radius 3 is 2.45 bits per heavy atom. The topological polar surface area (TPSA) is 96.6 Å². The van der Waals surface area contributed by atoms with Gasteiger partial charge in [-0.3, -0.25) is 14.9 Å².